The number of hydrogen-bond donors (Lipinski definition) is 1. The summed E-state index contributed by atoms with van der Waals surface area (Å²) in [4.78, 5) is 2.82. The maximum Gasteiger partial charge on any atom is 0.0209 e. The van der Waals surface area contributed by atoms with E-state index in [9.17, 15) is 0 Å². The average molecular weight is 272 g/mol. The van der Waals surface area contributed by atoms with Crippen LogP contribution in [0.4, 0.5) is 0 Å². The van der Waals surface area contributed by atoms with Crippen molar-refractivity contribution in [3.05, 3.63) is 11.1 Å². The second kappa shape index (κ2) is 4.33. The van der Waals surface area contributed by atoms with Crippen molar-refractivity contribution >= 4 is 0 Å². The molecule has 0 spiro atoms. The number of hydrogen-bond acceptors (Lipinski definition) is 2. The number of nitrogens with one attached hydrogen (secondary N) is 1. The van der Waals surface area contributed by atoms with Crippen LogP contribution in [0.1, 0.15) is 44.9 Å². The average Bonchev–Trinajstić information content (AvgIpc) is 2.83. The highest BCUT2D eigenvalue weighted by Gasteiger charge is 2.51. The lowest BCUT2D eigenvalue weighted by Gasteiger charge is -2.58. The molecule has 2 nitrogen and oxygen atoms in total. The SMILES string of the molecule is C1CN(CC23CC4CC(CC(C4)C2)C3)CC2=C1CNC2. The predicted octanol–water partition coefficient (Wildman–Crippen LogP) is 2.81. The Bertz CT molecular complexity index is 415. The molecule has 4 bridgehead atoms. The Kier molecular flexibility index (Phi) is 2.65. The molecule has 4 aliphatic carbocycles. The second-order valence-electron chi connectivity index (χ2n) is 8.69. The fourth-order valence-corrected chi connectivity index (χ4v) is 6.78. The Labute approximate surface area is 123 Å². The summed E-state index contributed by atoms with van der Waals surface area (Å²) in [5.41, 5.74) is 4.21. The van der Waals surface area contributed by atoms with Gasteiger partial charge in [0.05, 0.1) is 0 Å². The summed E-state index contributed by atoms with van der Waals surface area (Å²) in [5.74, 6) is 3.32. The van der Waals surface area contributed by atoms with Gasteiger partial charge in [-0.2, -0.15) is 0 Å². The minimum Gasteiger partial charge on any atom is -0.309 e. The maximum atomic E-state index is 3.54. The van der Waals surface area contributed by atoms with Crippen LogP contribution in [-0.2, 0) is 0 Å². The molecule has 2 heterocycles. The van der Waals surface area contributed by atoms with Gasteiger partial charge in [-0.1, -0.05) is 5.57 Å². The molecule has 0 radical (unpaired) electrons. The predicted molar refractivity (Wildman–Crippen MR) is 81.6 cm³/mol. The fourth-order valence-electron chi connectivity index (χ4n) is 6.78. The Morgan fingerprint density at radius 2 is 1.60 bits per heavy atom. The minimum atomic E-state index is 0.735. The molecule has 2 aliphatic heterocycles. The summed E-state index contributed by atoms with van der Waals surface area (Å²) < 4.78 is 0. The van der Waals surface area contributed by atoms with Gasteiger partial charge in [-0.05, 0) is 73.7 Å². The Morgan fingerprint density at radius 1 is 0.950 bits per heavy atom. The summed E-state index contributed by atoms with van der Waals surface area (Å²) >= 11 is 0. The van der Waals surface area contributed by atoms with Crippen LogP contribution < -0.4 is 5.32 Å². The molecule has 4 saturated carbocycles. The Morgan fingerprint density at radius 3 is 2.30 bits per heavy atom. The van der Waals surface area contributed by atoms with E-state index in [4.69, 9.17) is 0 Å². The van der Waals surface area contributed by atoms with E-state index in [1.165, 1.54) is 39.1 Å². The van der Waals surface area contributed by atoms with Crippen molar-refractivity contribution in [1.29, 1.82) is 0 Å². The fraction of sp³-hybridized carbons (Fsp3) is 0.889. The summed E-state index contributed by atoms with van der Waals surface area (Å²) in [6.45, 7) is 6.40. The van der Waals surface area contributed by atoms with Gasteiger partial charge in [0.1, 0.15) is 0 Å². The molecule has 0 aromatic rings. The third-order valence-corrected chi connectivity index (χ3v) is 7.05. The van der Waals surface area contributed by atoms with Crippen LogP contribution in [0.5, 0.6) is 0 Å². The lowest BCUT2D eigenvalue weighted by molar-refractivity contribution is -0.0684. The van der Waals surface area contributed by atoms with Gasteiger partial charge in [0.25, 0.3) is 0 Å². The lowest BCUT2D eigenvalue weighted by atomic mass is 9.49. The first-order valence-electron chi connectivity index (χ1n) is 8.91. The van der Waals surface area contributed by atoms with E-state index < -0.39 is 0 Å². The zero-order chi connectivity index (χ0) is 13.2. The topological polar surface area (TPSA) is 15.3 Å². The molecule has 0 aromatic heterocycles. The van der Waals surface area contributed by atoms with Crippen molar-refractivity contribution in [2.45, 2.75) is 44.9 Å². The van der Waals surface area contributed by atoms with Gasteiger partial charge in [0.15, 0.2) is 0 Å². The zero-order valence-electron chi connectivity index (χ0n) is 12.7. The molecule has 6 rings (SSSR count). The standard InChI is InChI=1S/C18H28N2/c1-2-20(11-17-10-19-9-16(1)17)12-18-6-13-3-14(7-18)5-15(4-13)8-18/h13-15,19H,1-12H2. The third-order valence-electron chi connectivity index (χ3n) is 7.05. The maximum absolute atomic E-state index is 3.54. The molecule has 4 fully saturated rings. The number of rotatable bonds is 2. The highest BCUT2D eigenvalue weighted by molar-refractivity contribution is 5.26. The smallest absolute Gasteiger partial charge is 0.0209 e. The Hall–Kier alpha value is -0.340. The molecule has 110 valence electrons. The molecule has 0 unspecified atom stereocenters. The van der Waals surface area contributed by atoms with Gasteiger partial charge in [-0.15, -0.1) is 0 Å². The van der Waals surface area contributed by atoms with Crippen molar-refractivity contribution in [3.8, 4) is 0 Å². The number of nitrogens with zero attached hydrogens (tertiary/aromatic N) is 1. The van der Waals surface area contributed by atoms with Crippen LogP contribution in [0.3, 0.4) is 0 Å². The molecule has 0 aromatic carbocycles. The minimum absolute atomic E-state index is 0.735. The summed E-state index contributed by atoms with van der Waals surface area (Å²) in [5, 5.41) is 3.54. The van der Waals surface area contributed by atoms with Crippen molar-refractivity contribution in [2.75, 3.05) is 32.7 Å². The molecule has 1 N–H and O–H groups in total. The van der Waals surface area contributed by atoms with Gasteiger partial charge < -0.3 is 5.32 Å². The monoisotopic (exact) mass is 272 g/mol. The molecular weight excluding hydrogens is 244 g/mol. The van der Waals surface area contributed by atoms with Crippen molar-refractivity contribution in [1.82, 2.24) is 10.2 Å². The first-order chi connectivity index (χ1) is 9.78. The van der Waals surface area contributed by atoms with E-state index in [1.807, 2.05) is 0 Å². The van der Waals surface area contributed by atoms with Crippen LogP contribution in [0.15, 0.2) is 11.1 Å². The highest BCUT2D eigenvalue weighted by atomic mass is 15.1. The lowest BCUT2D eigenvalue weighted by Crippen LogP contribution is -2.52. The summed E-state index contributed by atoms with van der Waals surface area (Å²) in [6.07, 6.45) is 10.8. The highest BCUT2D eigenvalue weighted by Crippen LogP contribution is 2.60. The Balaban J connectivity index is 1.32. The summed E-state index contributed by atoms with van der Waals surface area (Å²) in [7, 11) is 0. The van der Waals surface area contributed by atoms with Crippen LogP contribution in [0.25, 0.3) is 0 Å². The second-order valence-corrected chi connectivity index (χ2v) is 8.69. The van der Waals surface area contributed by atoms with E-state index >= 15 is 0 Å². The molecule has 0 saturated heterocycles. The van der Waals surface area contributed by atoms with Gasteiger partial charge >= 0.3 is 0 Å². The third kappa shape index (κ3) is 1.91. The van der Waals surface area contributed by atoms with Gasteiger partial charge in [0, 0.05) is 32.7 Å². The summed E-state index contributed by atoms with van der Waals surface area (Å²) in [6, 6.07) is 0. The van der Waals surface area contributed by atoms with E-state index in [0.717, 1.165) is 23.2 Å². The van der Waals surface area contributed by atoms with Gasteiger partial charge in [-0.3, -0.25) is 4.90 Å². The van der Waals surface area contributed by atoms with Crippen LogP contribution in [0.2, 0.25) is 0 Å². The van der Waals surface area contributed by atoms with Crippen molar-refractivity contribution in [2.24, 2.45) is 23.2 Å². The molecular formula is C18H28N2. The van der Waals surface area contributed by atoms with Gasteiger partial charge in [0.2, 0.25) is 0 Å². The van der Waals surface area contributed by atoms with E-state index in [2.05, 4.69) is 10.2 Å². The molecule has 6 aliphatic rings. The van der Waals surface area contributed by atoms with E-state index in [-0.39, 0.29) is 0 Å². The van der Waals surface area contributed by atoms with Crippen LogP contribution in [0, 0.1) is 23.2 Å². The largest absolute Gasteiger partial charge is 0.309 e. The molecule has 0 amide bonds. The van der Waals surface area contributed by atoms with Crippen molar-refractivity contribution in [3.63, 3.8) is 0 Å². The van der Waals surface area contributed by atoms with E-state index in [1.54, 1.807) is 49.7 Å². The molecule has 2 heteroatoms. The van der Waals surface area contributed by atoms with Crippen LogP contribution in [-0.4, -0.2) is 37.6 Å². The normalized spacial score (nSPS) is 47.1. The first-order valence-corrected chi connectivity index (χ1v) is 8.91. The van der Waals surface area contributed by atoms with Crippen molar-refractivity contribution < 1.29 is 0 Å². The molecule has 20 heavy (non-hydrogen) atoms. The van der Waals surface area contributed by atoms with Gasteiger partial charge in [-0.25, -0.2) is 0 Å². The van der Waals surface area contributed by atoms with E-state index in [0.29, 0.717) is 0 Å². The quantitative estimate of drug-likeness (QED) is 0.778. The molecule has 0 atom stereocenters. The first kappa shape index (κ1) is 12.2. The zero-order valence-corrected chi connectivity index (χ0v) is 12.7. The van der Waals surface area contributed by atoms with Crippen LogP contribution >= 0.6 is 0 Å².